The number of nitrogens with zero attached hydrogens (tertiary/aromatic N) is 2. The van der Waals surface area contributed by atoms with E-state index in [4.69, 9.17) is 10.5 Å². The third-order valence-electron chi connectivity index (χ3n) is 5.74. The first kappa shape index (κ1) is 16.2. The molecule has 1 amide bonds. The van der Waals surface area contributed by atoms with Gasteiger partial charge in [0.1, 0.15) is 0 Å². The van der Waals surface area contributed by atoms with E-state index in [1.54, 1.807) is 0 Å². The lowest BCUT2D eigenvalue weighted by Gasteiger charge is -2.41. The quantitative estimate of drug-likeness (QED) is 0.851. The predicted molar refractivity (Wildman–Crippen MR) is 86.5 cm³/mol. The van der Waals surface area contributed by atoms with Gasteiger partial charge in [-0.1, -0.05) is 6.42 Å². The molecule has 3 heterocycles. The minimum Gasteiger partial charge on any atom is -0.381 e. The van der Waals surface area contributed by atoms with E-state index < -0.39 is 0 Å². The number of carbonyl (C=O) groups is 1. The summed E-state index contributed by atoms with van der Waals surface area (Å²) in [6.07, 6.45) is 8.15. The summed E-state index contributed by atoms with van der Waals surface area (Å²) < 4.78 is 5.37. The lowest BCUT2D eigenvalue weighted by atomic mass is 9.90. The van der Waals surface area contributed by atoms with Gasteiger partial charge in [-0.3, -0.25) is 4.79 Å². The molecular formula is C17H31N3O2. The van der Waals surface area contributed by atoms with E-state index in [9.17, 15) is 4.79 Å². The summed E-state index contributed by atoms with van der Waals surface area (Å²) in [6, 6.07) is 0.360. The second kappa shape index (κ2) is 7.75. The van der Waals surface area contributed by atoms with E-state index in [0.29, 0.717) is 12.0 Å². The number of likely N-dealkylation sites (tertiary alicyclic amines) is 2. The average molecular weight is 309 g/mol. The van der Waals surface area contributed by atoms with Gasteiger partial charge in [-0.15, -0.1) is 0 Å². The standard InChI is InChI=1S/C17H31N3O2/c18-16(14-6-12-22-13-7-14)17(21)20-10-4-15(5-11-20)19-8-2-1-3-9-19/h14-16H,1-13,18H2. The van der Waals surface area contributed by atoms with Crippen molar-refractivity contribution in [3.63, 3.8) is 0 Å². The largest absolute Gasteiger partial charge is 0.381 e. The van der Waals surface area contributed by atoms with Crippen molar-refractivity contribution in [3.8, 4) is 0 Å². The van der Waals surface area contributed by atoms with Gasteiger partial charge in [0.15, 0.2) is 0 Å². The number of carbonyl (C=O) groups excluding carboxylic acids is 1. The van der Waals surface area contributed by atoms with Crippen LogP contribution in [-0.4, -0.2) is 67.2 Å². The van der Waals surface area contributed by atoms with Gasteiger partial charge < -0.3 is 20.3 Å². The SMILES string of the molecule is NC(C(=O)N1CCC(N2CCCCC2)CC1)C1CCOCC1. The highest BCUT2D eigenvalue weighted by molar-refractivity contribution is 5.82. The minimum atomic E-state index is -0.324. The van der Waals surface area contributed by atoms with Crippen molar-refractivity contribution in [3.05, 3.63) is 0 Å². The van der Waals surface area contributed by atoms with Crippen molar-refractivity contribution >= 4 is 5.91 Å². The maximum atomic E-state index is 12.6. The Morgan fingerprint density at radius 1 is 0.955 bits per heavy atom. The van der Waals surface area contributed by atoms with E-state index in [1.165, 1.54) is 32.4 Å². The van der Waals surface area contributed by atoms with Crippen LogP contribution in [0.3, 0.4) is 0 Å². The average Bonchev–Trinajstić information content (AvgIpc) is 2.62. The molecule has 3 fully saturated rings. The van der Waals surface area contributed by atoms with Crippen LogP contribution in [0, 0.1) is 5.92 Å². The van der Waals surface area contributed by atoms with E-state index in [2.05, 4.69) is 4.90 Å². The summed E-state index contributed by atoms with van der Waals surface area (Å²) in [5, 5.41) is 0. The molecular weight excluding hydrogens is 278 g/mol. The number of piperidine rings is 2. The molecule has 1 unspecified atom stereocenters. The molecule has 3 aliphatic heterocycles. The van der Waals surface area contributed by atoms with Gasteiger partial charge >= 0.3 is 0 Å². The van der Waals surface area contributed by atoms with Gasteiger partial charge in [0.2, 0.25) is 5.91 Å². The molecule has 0 spiro atoms. The Bertz CT molecular complexity index is 357. The van der Waals surface area contributed by atoms with Crippen LogP contribution in [0.2, 0.25) is 0 Å². The second-order valence-corrected chi connectivity index (χ2v) is 7.13. The first-order valence-electron chi connectivity index (χ1n) is 9.12. The summed E-state index contributed by atoms with van der Waals surface area (Å²) in [5.41, 5.74) is 6.24. The number of rotatable bonds is 3. The topological polar surface area (TPSA) is 58.8 Å². The Morgan fingerprint density at radius 3 is 2.23 bits per heavy atom. The Labute approximate surface area is 134 Å². The second-order valence-electron chi connectivity index (χ2n) is 7.13. The highest BCUT2D eigenvalue weighted by Crippen LogP contribution is 2.23. The zero-order chi connectivity index (χ0) is 15.4. The number of nitrogens with two attached hydrogens (primary N) is 1. The zero-order valence-corrected chi connectivity index (χ0v) is 13.7. The molecule has 5 heteroatoms. The van der Waals surface area contributed by atoms with Crippen LogP contribution in [0.15, 0.2) is 0 Å². The van der Waals surface area contributed by atoms with E-state index in [0.717, 1.165) is 52.0 Å². The maximum Gasteiger partial charge on any atom is 0.239 e. The van der Waals surface area contributed by atoms with Crippen molar-refractivity contribution in [1.29, 1.82) is 0 Å². The van der Waals surface area contributed by atoms with Crippen LogP contribution in [0.25, 0.3) is 0 Å². The number of amides is 1. The minimum absolute atomic E-state index is 0.170. The van der Waals surface area contributed by atoms with Gasteiger partial charge in [0, 0.05) is 32.3 Å². The molecule has 0 bridgehead atoms. The Morgan fingerprint density at radius 2 is 1.59 bits per heavy atom. The van der Waals surface area contributed by atoms with Crippen LogP contribution >= 0.6 is 0 Å². The third-order valence-corrected chi connectivity index (χ3v) is 5.74. The highest BCUT2D eigenvalue weighted by Gasteiger charge is 2.33. The molecule has 0 aromatic heterocycles. The first-order chi connectivity index (χ1) is 10.8. The highest BCUT2D eigenvalue weighted by atomic mass is 16.5. The number of hydrogen-bond acceptors (Lipinski definition) is 4. The van der Waals surface area contributed by atoms with Crippen molar-refractivity contribution < 1.29 is 9.53 Å². The first-order valence-corrected chi connectivity index (χ1v) is 9.12. The van der Waals surface area contributed by atoms with Crippen molar-refractivity contribution in [2.75, 3.05) is 39.4 Å². The maximum absolute atomic E-state index is 12.6. The normalized spacial score (nSPS) is 27.8. The number of hydrogen-bond donors (Lipinski definition) is 1. The lowest BCUT2D eigenvalue weighted by Crippen LogP contribution is -2.53. The smallest absolute Gasteiger partial charge is 0.239 e. The molecule has 1 atom stereocenters. The van der Waals surface area contributed by atoms with E-state index in [-0.39, 0.29) is 11.9 Å². The Hall–Kier alpha value is -0.650. The van der Waals surface area contributed by atoms with Crippen molar-refractivity contribution in [2.24, 2.45) is 11.7 Å². The molecule has 22 heavy (non-hydrogen) atoms. The van der Waals surface area contributed by atoms with Crippen molar-refractivity contribution in [2.45, 2.75) is 57.0 Å². The van der Waals surface area contributed by atoms with Crippen LogP contribution in [0.4, 0.5) is 0 Å². The van der Waals surface area contributed by atoms with Gasteiger partial charge in [0.05, 0.1) is 6.04 Å². The molecule has 5 nitrogen and oxygen atoms in total. The fourth-order valence-electron chi connectivity index (χ4n) is 4.22. The fourth-order valence-corrected chi connectivity index (χ4v) is 4.22. The van der Waals surface area contributed by atoms with Crippen LogP contribution in [-0.2, 0) is 9.53 Å². The summed E-state index contributed by atoms with van der Waals surface area (Å²) >= 11 is 0. The lowest BCUT2D eigenvalue weighted by molar-refractivity contribution is -0.136. The van der Waals surface area contributed by atoms with Gasteiger partial charge in [0.25, 0.3) is 0 Å². The summed E-state index contributed by atoms with van der Waals surface area (Å²) in [6.45, 7) is 5.78. The molecule has 126 valence electrons. The number of ether oxygens (including phenoxy) is 1. The van der Waals surface area contributed by atoms with Crippen LogP contribution in [0.1, 0.15) is 44.9 Å². The molecule has 0 aromatic rings. The summed E-state index contributed by atoms with van der Waals surface area (Å²) in [7, 11) is 0. The third kappa shape index (κ3) is 3.81. The fraction of sp³-hybridized carbons (Fsp3) is 0.941. The molecule has 0 saturated carbocycles. The van der Waals surface area contributed by atoms with Crippen molar-refractivity contribution in [1.82, 2.24) is 9.80 Å². The molecule has 3 aliphatic rings. The summed E-state index contributed by atoms with van der Waals surface area (Å²) in [4.78, 5) is 17.3. The van der Waals surface area contributed by atoms with Gasteiger partial charge in [-0.2, -0.15) is 0 Å². The van der Waals surface area contributed by atoms with Crippen LogP contribution in [0.5, 0.6) is 0 Å². The van der Waals surface area contributed by atoms with E-state index in [1.807, 2.05) is 4.90 Å². The molecule has 0 radical (unpaired) electrons. The molecule has 0 aromatic carbocycles. The summed E-state index contributed by atoms with van der Waals surface area (Å²) in [5.74, 6) is 0.477. The van der Waals surface area contributed by atoms with Gasteiger partial charge in [-0.05, 0) is 57.5 Å². The molecule has 3 saturated heterocycles. The zero-order valence-electron chi connectivity index (χ0n) is 13.7. The monoisotopic (exact) mass is 309 g/mol. The van der Waals surface area contributed by atoms with E-state index >= 15 is 0 Å². The Balaban J connectivity index is 1.46. The molecule has 2 N–H and O–H groups in total. The predicted octanol–water partition coefficient (Wildman–Crippen LogP) is 1.22. The van der Waals surface area contributed by atoms with Gasteiger partial charge in [-0.25, -0.2) is 0 Å². The van der Waals surface area contributed by atoms with Crippen LogP contribution < -0.4 is 5.73 Å². The molecule has 3 rings (SSSR count). The Kier molecular flexibility index (Phi) is 5.71. The molecule has 0 aliphatic carbocycles.